The molecule has 0 N–H and O–H groups in total. The lowest BCUT2D eigenvalue weighted by Gasteiger charge is -2.26. The van der Waals surface area contributed by atoms with Crippen LogP contribution >= 0.6 is 11.8 Å². The Bertz CT molecular complexity index is 748. The Kier molecular flexibility index (Phi) is 5.44. The molecular weight excluding hydrogens is 343 g/mol. The number of halogens is 1. The fraction of sp³-hybridized carbons (Fsp3) is 0.444. The van der Waals surface area contributed by atoms with Crippen LogP contribution in [0.5, 0.6) is 0 Å². The second kappa shape index (κ2) is 7.58. The van der Waals surface area contributed by atoms with E-state index in [1.807, 2.05) is 4.68 Å². The fourth-order valence-electron chi connectivity index (χ4n) is 3.19. The monoisotopic (exact) mass is 364 g/mol. The molecule has 0 bridgehead atoms. The molecule has 0 saturated carbocycles. The summed E-state index contributed by atoms with van der Waals surface area (Å²) in [7, 11) is 0. The summed E-state index contributed by atoms with van der Waals surface area (Å²) in [6.45, 7) is 10.6. The van der Waals surface area contributed by atoms with E-state index in [4.69, 9.17) is 9.47 Å². The number of rotatable bonds is 5. The van der Waals surface area contributed by atoms with Crippen LogP contribution in [-0.4, -0.2) is 35.6 Å². The molecule has 0 aliphatic carbocycles. The van der Waals surface area contributed by atoms with E-state index >= 15 is 0 Å². The number of esters is 1. The van der Waals surface area contributed by atoms with Crippen LogP contribution in [0.2, 0.25) is 0 Å². The zero-order valence-electron chi connectivity index (χ0n) is 14.2. The standard InChI is InChI=1S/C18H21FN2O3S/c1-4-13-16-14(10-25-17(13)11(3)19)15(18(22)24-5-2)20-21(16)12-6-8-23-9-7-12/h4,12H,1,3,5-10H2,2H3. The van der Waals surface area contributed by atoms with Crippen LogP contribution in [0.25, 0.3) is 5.57 Å². The van der Waals surface area contributed by atoms with Crippen LogP contribution in [0.1, 0.15) is 47.6 Å². The van der Waals surface area contributed by atoms with Crippen molar-refractivity contribution in [1.29, 1.82) is 0 Å². The summed E-state index contributed by atoms with van der Waals surface area (Å²) in [5.74, 6) is -0.499. The van der Waals surface area contributed by atoms with Crippen molar-refractivity contribution >= 4 is 23.3 Å². The third kappa shape index (κ3) is 3.30. The number of carbonyl (C=O) groups is 1. The van der Waals surface area contributed by atoms with Crippen molar-refractivity contribution < 1.29 is 18.7 Å². The van der Waals surface area contributed by atoms with Gasteiger partial charge in [0.1, 0.15) is 5.83 Å². The maximum atomic E-state index is 13.9. The minimum absolute atomic E-state index is 0.0952. The second-order valence-corrected chi connectivity index (χ2v) is 6.81. The fourth-order valence-corrected chi connectivity index (χ4v) is 4.25. The summed E-state index contributed by atoms with van der Waals surface area (Å²) in [5, 5.41) is 4.57. The van der Waals surface area contributed by atoms with E-state index in [-0.39, 0.29) is 12.6 Å². The third-order valence-electron chi connectivity index (χ3n) is 4.33. The lowest BCUT2D eigenvalue weighted by atomic mass is 10.0. The molecular formula is C18H21FN2O3S. The first-order valence-electron chi connectivity index (χ1n) is 8.29. The van der Waals surface area contributed by atoms with E-state index in [1.165, 1.54) is 11.8 Å². The Balaban J connectivity index is 2.17. The van der Waals surface area contributed by atoms with Gasteiger partial charge in [-0.05, 0) is 19.8 Å². The van der Waals surface area contributed by atoms with Crippen molar-refractivity contribution in [2.24, 2.45) is 0 Å². The Morgan fingerprint density at radius 2 is 2.24 bits per heavy atom. The predicted molar refractivity (Wildman–Crippen MR) is 95.9 cm³/mol. The number of hydrogen-bond acceptors (Lipinski definition) is 5. The molecule has 2 aliphatic heterocycles. The first-order chi connectivity index (χ1) is 12.1. The van der Waals surface area contributed by atoms with E-state index in [0.29, 0.717) is 35.1 Å². The van der Waals surface area contributed by atoms with Crippen molar-refractivity contribution in [2.75, 3.05) is 19.8 Å². The van der Waals surface area contributed by atoms with Gasteiger partial charge in [0.15, 0.2) is 5.69 Å². The van der Waals surface area contributed by atoms with Gasteiger partial charge in [0.25, 0.3) is 0 Å². The van der Waals surface area contributed by atoms with Gasteiger partial charge >= 0.3 is 5.97 Å². The minimum Gasteiger partial charge on any atom is -0.461 e. The van der Waals surface area contributed by atoms with Crippen LogP contribution in [-0.2, 0) is 15.2 Å². The van der Waals surface area contributed by atoms with Crippen LogP contribution in [0.4, 0.5) is 4.39 Å². The van der Waals surface area contributed by atoms with E-state index < -0.39 is 11.8 Å². The van der Waals surface area contributed by atoms with Crippen LogP contribution in [0, 0.1) is 0 Å². The molecule has 1 fully saturated rings. The highest BCUT2D eigenvalue weighted by molar-refractivity contribution is 8.02. The summed E-state index contributed by atoms with van der Waals surface area (Å²) < 4.78 is 26.3. The summed E-state index contributed by atoms with van der Waals surface area (Å²) in [6.07, 6.45) is 3.19. The quantitative estimate of drug-likeness (QED) is 0.738. The van der Waals surface area contributed by atoms with Gasteiger partial charge in [-0.2, -0.15) is 5.10 Å². The van der Waals surface area contributed by atoms with Gasteiger partial charge in [0.2, 0.25) is 0 Å². The number of fused-ring (bicyclic) bond motifs is 1. The molecule has 0 atom stereocenters. The van der Waals surface area contributed by atoms with Crippen LogP contribution in [0.3, 0.4) is 0 Å². The maximum Gasteiger partial charge on any atom is 0.359 e. The zero-order valence-corrected chi connectivity index (χ0v) is 15.0. The minimum atomic E-state index is -0.497. The van der Waals surface area contributed by atoms with Crippen molar-refractivity contribution in [2.45, 2.75) is 31.6 Å². The zero-order chi connectivity index (χ0) is 18.0. The number of thioether (sulfide) groups is 1. The predicted octanol–water partition coefficient (Wildman–Crippen LogP) is 4.04. The third-order valence-corrected chi connectivity index (χ3v) is 5.49. The summed E-state index contributed by atoms with van der Waals surface area (Å²) >= 11 is 1.30. The molecule has 5 nitrogen and oxygen atoms in total. The molecule has 2 aliphatic rings. The Hall–Kier alpha value is -1.86. The number of hydrogen-bond donors (Lipinski definition) is 0. The summed E-state index contributed by atoms with van der Waals surface area (Å²) in [5.41, 5.74) is 2.46. The molecule has 7 heteroatoms. The van der Waals surface area contributed by atoms with Gasteiger partial charge in [-0.15, -0.1) is 11.8 Å². The normalized spacial score (nSPS) is 18.0. The maximum absolute atomic E-state index is 13.9. The Labute approximate surface area is 150 Å². The van der Waals surface area contributed by atoms with E-state index in [0.717, 1.165) is 24.1 Å². The average Bonchev–Trinajstić information content (AvgIpc) is 3.01. The summed E-state index contributed by atoms with van der Waals surface area (Å²) in [4.78, 5) is 12.8. The Morgan fingerprint density at radius 1 is 1.52 bits per heavy atom. The molecule has 0 aromatic carbocycles. The van der Waals surface area contributed by atoms with Gasteiger partial charge in [0, 0.05) is 30.1 Å². The molecule has 25 heavy (non-hydrogen) atoms. The lowest BCUT2D eigenvalue weighted by molar-refractivity contribution is 0.0512. The molecule has 0 radical (unpaired) electrons. The smallest absolute Gasteiger partial charge is 0.359 e. The van der Waals surface area contributed by atoms with Crippen LogP contribution < -0.4 is 0 Å². The Morgan fingerprint density at radius 3 is 2.84 bits per heavy atom. The van der Waals surface area contributed by atoms with E-state index in [1.54, 1.807) is 13.0 Å². The van der Waals surface area contributed by atoms with Gasteiger partial charge in [-0.3, -0.25) is 4.68 Å². The van der Waals surface area contributed by atoms with E-state index in [2.05, 4.69) is 18.3 Å². The average molecular weight is 364 g/mol. The highest BCUT2D eigenvalue weighted by Gasteiger charge is 2.33. The number of aromatic nitrogens is 2. The highest BCUT2D eigenvalue weighted by atomic mass is 32.2. The molecule has 3 heterocycles. The molecule has 0 spiro atoms. The number of ether oxygens (including phenoxy) is 2. The lowest BCUT2D eigenvalue weighted by Crippen LogP contribution is -2.22. The number of nitrogens with zero attached hydrogens (tertiary/aromatic N) is 2. The second-order valence-electron chi connectivity index (χ2n) is 5.82. The molecule has 134 valence electrons. The topological polar surface area (TPSA) is 53.3 Å². The SMILES string of the molecule is C=CC1=C(C(=C)F)SCc2c(C(=O)OCC)nn(C3CCOCC3)c21. The van der Waals surface area contributed by atoms with Gasteiger partial charge < -0.3 is 9.47 Å². The van der Waals surface area contributed by atoms with E-state index in [9.17, 15) is 9.18 Å². The molecule has 1 aromatic rings. The number of allylic oxidation sites excluding steroid dienone is 3. The first kappa shape index (κ1) is 17.9. The van der Waals surface area contributed by atoms with Crippen molar-refractivity contribution in [3.05, 3.63) is 46.9 Å². The van der Waals surface area contributed by atoms with Gasteiger partial charge in [-0.25, -0.2) is 9.18 Å². The molecule has 1 saturated heterocycles. The van der Waals surface area contributed by atoms with Crippen molar-refractivity contribution in [1.82, 2.24) is 9.78 Å². The van der Waals surface area contributed by atoms with Gasteiger partial charge in [0.05, 0.1) is 23.2 Å². The van der Waals surface area contributed by atoms with Crippen LogP contribution in [0.15, 0.2) is 30.0 Å². The summed E-state index contributed by atoms with van der Waals surface area (Å²) in [6, 6.07) is 0.0952. The largest absolute Gasteiger partial charge is 0.461 e. The highest BCUT2D eigenvalue weighted by Crippen LogP contribution is 2.44. The van der Waals surface area contributed by atoms with Crippen molar-refractivity contribution in [3.63, 3.8) is 0 Å². The molecule has 0 unspecified atom stereocenters. The molecule has 1 aromatic heterocycles. The van der Waals surface area contributed by atoms with Crippen molar-refractivity contribution in [3.8, 4) is 0 Å². The first-order valence-corrected chi connectivity index (χ1v) is 9.27. The van der Waals surface area contributed by atoms with Gasteiger partial charge in [-0.1, -0.05) is 19.2 Å². The molecule has 0 amide bonds. The number of carbonyl (C=O) groups excluding carboxylic acids is 1. The molecule has 3 rings (SSSR count).